The molecule has 1 N–H and O–H groups in total. The normalized spacial score (nSPS) is 28.3. The van der Waals surface area contributed by atoms with Crippen LogP contribution in [-0.4, -0.2) is 10.9 Å². The van der Waals surface area contributed by atoms with Crippen molar-refractivity contribution in [3.63, 3.8) is 0 Å². The van der Waals surface area contributed by atoms with Gasteiger partial charge >= 0.3 is 0 Å². The van der Waals surface area contributed by atoms with E-state index in [9.17, 15) is 9.90 Å². The Labute approximate surface area is 107 Å². The summed E-state index contributed by atoms with van der Waals surface area (Å²) >= 11 is 0. The number of ketones is 1. The van der Waals surface area contributed by atoms with Gasteiger partial charge in [0.2, 0.25) is 0 Å². The average Bonchev–Trinajstić information content (AvgIpc) is 2.96. The molecule has 1 unspecified atom stereocenters. The van der Waals surface area contributed by atoms with Crippen LogP contribution in [0, 0.1) is 5.41 Å². The van der Waals surface area contributed by atoms with Crippen molar-refractivity contribution in [1.82, 2.24) is 0 Å². The first-order chi connectivity index (χ1) is 8.64. The maximum absolute atomic E-state index is 12.3. The van der Waals surface area contributed by atoms with E-state index in [1.54, 1.807) is 0 Å². The van der Waals surface area contributed by atoms with Crippen molar-refractivity contribution in [2.45, 2.75) is 37.7 Å². The number of carbonyl (C=O) groups is 1. The van der Waals surface area contributed by atoms with E-state index in [4.69, 9.17) is 0 Å². The highest BCUT2D eigenvalue weighted by molar-refractivity contribution is 5.99. The van der Waals surface area contributed by atoms with E-state index in [2.05, 4.69) is 6.58 Å². The summed E-state index contributed by atoms with van der Waals surface area (Å²) in [7, 11) is 0. The van der Waals surface area contributed by atoms with Crippen molar-refractivity contribution in [3.05, 3.63) is 48.0 Å². The van der Waals surface area contributed by atoms with E-state index in [1.807, 2.05) is 24.3 Å². The third-order valence-corrected chi connectivity index (χ3v) is 4.81. The number of carbonyl (C=O) groups excluding carboxylic acids is 1. The summed E-state index contributed by atoms with van der Waals surface area (Å²) in [6.07, 6.45) is 6.15. The van der Waals surface area contributed by atoms with Crippen LogP contribution in [-0.2, 0) is 16.8 Å². The van der Waals surface area contributed by atoms with Gasteiger partial charge in [0.05, 0.1) is 0 Å². The number of benzene rings is 1. The lowest BCUT2D eigenvalue weighted by molar-refractivity contribution is -0.148. The van der Waals surface area contributed by atoms with Crippen LogP contribution >= 0.6 is 0 Å². The highest BCUT2D eigenvalue weighted by atomic mass is 16.3. The maximum atomic E-state index is 12.3. The predicted molar refractivity (Wildman–Crippen MR) is 70.1 cm³/mol. The van der Waals surface area contributed by atoms with Crippen molar-refractivity contribution in [2.24, 2.45) is 5.41 Å². The van der Waals surface area contributed by atoms with Crippen LogP contribution in [0.5, 0.6) is 0 Å². The molecule has 0 heterocycles. The van der Waals surface area contributed by atoms with Gasteiger partial charge in [0.15, 0.2) is 11.4 Å². The van der Waals surface area contributed by atoms with Gasteiger partial charge in [0.25, 0.3) is 0 Å². The Morgan fingerprint density at radius 2 is 1.94 bits per heavy atom. The molecule has 0 amide bonds. The van der Waals surface area contributed by atoms with Crippen molar-refractivity contribution < 1.29 is 9.90 Å². The van der Waals surface area contributed by atoms with Gasteiger partial charge in [-0.1, -0.05) is 43.7 Å². The first kappa shape index (κ1) is 11.7. The fraction of sp³-hybridized carbons (Fsp3) is 0.438. The number of aliphatic hydroxyl groups is 1. The minimum absolute atomic E-state index is 0.241. The van der Waals surface area contributed by atoms with Gasteiger partial charge < -0.3 is 5.11 Å². The molecule has 0 aliphatic heterocycles. The summed E-state index contributed by atoms with van der Waals surface area (Å²) < 4.78 is 0. The summed E-state index contributed by atoms with van der Waals surface area (Å²) in [5, 5.41) is 11.1. The number of hydrogen-bond donors (Lipinski definition) is 1. The van der Waals surface area contributed by atoms with Gasteiger partial charge in [-0.3, -0.25) is 4.79 Å². The van der Waals surface area contributed by atoms with Crippen LogP contribution in [0.3, 0.4) is 0 Å². The van der Waals surface area contributed by atoms with Gasteiger partial charge in [-0.25, -0.2) is 0 Å². The Hall–Kier alpha value is -1.41. The van der Waals surface area contributed by atoms with Crippen molar-refractivity contribution >= 4 is 5.78 Å². The van der Waals surface area contributed by atoms with Crippen LogP contribution in [0.15, 0.2) is 36.9 Å². The molecule has 2 heteroatoms. The number of rotatable bonds is 2. The fourth-order valence-electron chi connectivity index (χ4n) is 3.94. The van der Waals surface area contributed by atoms with Crippen molar-refractivity contribution in [1.29, 1.82) is 0 Å². The Balaban J connectivity index is 2.21. The summed E-state index contributed by atoms with van der Waals surface area (Å²) in [4.78, 5) is 12.3. The minimum Gasteiger partial charge on any atom is -0.376 e. The van der Waals surface area contributed by atoms with Crippen LogP contribution in [0.2, 0.25) is 0 Å². The molecule has 2 aliphatic rings. The first-order valence-electron chi connectivity index (χ1n) is 6.62. The van der Waals surface area contributed by atoms with Crippen LogP contribution in [0.25, 0.3) is 0 Å². The molecule has 18 heavy (non-hydrogen) atoms. The molecule has 1 aromatic rings. The van der Waals surface area contributed by atoms with E-state index in [1.165, 1.54) is 6.08 Å². The smallest absolute Gasteiger partial charge is 0.191 e. The van der Waals surface area contributed by atoms with E-state index in [0.29, 0.717) is 0 Å². The quantitative estimate of drug-likeness (QED) is 0.810. The Bertz CT molecular complexity index is 512. The average molecular weight is 242 g/mol. The summed E-state index contributed by atoms with van der Waals surface area (Å²) in [5.74, 6) is -0.241. The van der Waals surface area contributed by atoms with E-state index < -0.39 is 5.60 Å². The predicted octanol–water partition coefficient (Wildman–Crippen LogP) is 2.75. The van der Waals surface area contributed by atoms with E-state index in [-0.39, 0.29) is 11.2 Å². The lowest BCUT2D eigenvalue weighted by Gasteiger charge is -2.38. The van der Waals surface area contributed by atoms with E-state index in [0.717, 1.165) is 43.2 Å². The largest absolute Gasteiger partial charge is 0.376 e. The lowest BCUT2D eigenvalue weighted by Crippen LogP contribution is -2.46. The van der Waals surface area contributed by atoms with Gasteiger partial charge in [0.1, 0.15) is 0 Å². The Morgan fingerprint density at radius 1 is 1.28 bits per heavy atom. The van der Waals surface area contributed by atoms with E-state index >= 15 is 0 Å². The summed E-state index contributed by atoms with van der Waals surface area (Å²) in [6, 6.07) is 7.80. The Kier molecular flexibility index (Phi) is 2.46. The molecule has 1 fully saturated rings. The topological polar surface area (TPSA) is 37.3 Å². The van der Waals surface area contributed by atoms with Gasteiger partial charge in [-0.15, -0.1) is 0 Å². The molecule has 94 valence electrons. The maximum Gasteiger partial charge on any atom is 0.191 e. The van der Waals surface area contributed by atoms with Crippen molar-refractivity contribution in [3.8, 4) is 0 Å². The zero-order valence-electron chi connectivity index (χ0n) is 10.5. The third-order valence-electron chi connectivity index (χ3n) is 4.81. The van der Waals surface area contributed by atoms with Crippen LogP contribution in [0.1, 0.15) is 36.8 Å². The van der Waals surface area contributed by atoms with Gasteiger partial charge in [-0.2, -0.15) is 0 Å². The zero-order chi connectivity index (χ0) is 12.8. The standard InChI is InChI=1S/C16H18O2/c1-2-14(17)16(18)13-8-4-3-7-12(13)11-15(16)9-5-6-10-15/h2-4,7-8,18H,1,5-6,9-11H2. The lowest BCUT2D eigenvalue weighted by atomic mass is 9.69. The second kappa shape index (κ2) is 3.79. The number of hydrogen-bond acceptors (Lipinski definition) is 2. The molecule has 0 saturated heterocycles. The molecule has 0 radical (unpaired) electrons. The molecule has 3 rings (SSSR count). The molecule has 2 nitrogen and oxygen atoms in total. The molecular formula is C16H18O2. The highest BCUT2D eigenvalue weighted by Gasteiger charge is 2.60. The molecule has 2 aliphatic carbocycles. The molecule has 1 spiro atoms. The molecule has 0 aromatic heterocycles. The number of fused-ring (bicyclic) bond motifs is 1. The second-order valence-corrected chi connectivity index (χ2v) is 5.60. The SMILES string of the molecule is C=CC(=O)C1(O)c2ccccc2CC12CCCC2. The Morgan fingerprint density at radius 3 is 2.61 bits per heavy atom. The highest BCUT2D eigenvalue weighted by Crippen LogP contribution is 2.59. The fourth-order valence-corrected chi connectivity index (χ4v) is 3.94. The molecular weight excluding hydrogens is 224 g/mol. The third kappa shape index (κ3) is 1.24. The first-order valence-corrected chi connectivity index (χ1v) is 6.62. The summed E-state index contributed by atoms with van der Waals surface area (Å²) in [5.41, 5.74) is 0.290. The second-order valence-electron chi connectivity index (χ2n) is 5.60. The molecule has 0 bridgehead atoms. The summed E-state index contributed by atoms with van der Waals surface area (Å²) in [6.45, 7) is 3.57. The monoisotopic (exact) mass is 242 g/mol. The van der Waals surface area contributed by atoms with Crippen LogP contribution < -0.4 is 0 Å². The molecule has 1 aromatic carbocycles. The van der Waals surface area contributed by atoms with Crippen LogP contribution in [0.4, 0.5) is 0 Å². The van der Waals surface area contributed by atoms with Crippen molar-refractivity contribution in [2.75, 3.05) is 0 Å². The van der Waals surface area contributed by atoms with Gasteiger partial charge in [-0.05, 0) is 36.5 Å². The molecule has 1 saturated carbocycles. The van der Waals surface area contributed by atoms with Gasteiger partial charge in [0, 0.05) is 5.41 Å². The molecule has 1 atom stereocenters. The zero-order valence-corrected chi connectivity index (χ0v) is 10.5. The minimum atomic E-state index is -1.35.